The number of carboxylic acid groups (broad SMARTS) is 1. The lowest BCUT2D eigenvalue weighted by Gasteiger charge is -2.04. The molecule has 16 heavy (non-hydrogen) atoms. The Labute approximate surface area is 95.1 Å². The van der Waals surface area contributed by atoms with E-state index in [1.165, 1.54) is 6.07 Å². The number of carboxylic acids is 1. The number of hydrogen-bond acceptors (Lipinski definition) is 1. The third-order valence-electron chi connectivity index (χ3n) is 2.60. The van der Waals surface area contributed by atoms with Gasteiger partial charge < -0.3 is 5.11 Å². The monoisotopic (exact) mass is 224 g/mol. The van der Waals surface area contributed by atoms with Gasteiger partial charge in [0, 0.05) is 0 Å². The maximum atomic E-state index is 13.5. The zero-order chi connectivity index (χ0) is 12.0. The van der Waals surface area contributed by atoms with Gasteiger partial charge in [0.1, 0.15) is 5.82 Å². The number of hydrogen-bond donors (Lipinski definition) is 1. The molecule has 0 aliphatic heterocycles. The van der Waals surface area contributed by atoms with Gasteiger partial charge in [-0.15, -0.1) is 0 Å². The first kappa shape index (κ1) is 12.7. The van der Waals surface area contributed by atoms with Gasteiger partial charge in [0.25, 0.3) is 0 Å². The molecule has 0 amide bonds. The van der Waals surface area contributed by atoms with E-state index in [-0.39, 0.29) is 5.56 Å². The highest BCUT2D eigenvalue weighted by Gasteiger charge is 2.07. The summed E-state index contributed by atoms with van der Waals surface area (Å²) in [5.41, 5.74) is 0.621. The van der Waals surface area contributed by atoms with Crippen LogP contribution >= 0.6 is 0 Å². The van der Waals surface area contributed by atoms with E-state index < -0.39 is 11.8 Å². The molecule has 0 bridgehead atoms. The van der Waals surface area contributed by atoms with Crippen molar-refractivity contribution < 1.29 is 14.3 Å². The van der Waals surface area contributed by atoms with Gasteiger partial charge in [-0.1, -0.05) is 32.3 Å². The molecule has 0 atom stereocenters. The van der Waals surface area contributed by atoms with Crippen molar-refractivity contribution in [3.8, 4) is 0 Å². The lowest BCUT2D eigenvalue weighted by Crippen LogP contribution is -1.99. The molecule has 1 N–H and O–H groups in total. The van der Waals surface area contributed by atoms with E-state index in [0.717, 1.165) is 31.7 Å². The van der Waals surface area contributed by atoms with Crippen molar-refractivity contribution in [2.45, 2.75) is 39.0 Å². The molecule has 0 saturated heterocycles. The van der Waals surface area contributed by atoms with Crippen molar-refractivity contribution in [2.24, 2.45) is 0 Å². The Bertz CT molecular complexity index is 361. The summed E-state index contributed by atoms with van der Waals surface area (Å²) in [5.74, 6) is -1.49. The van der Waals surface area contributed by atoms with Gasteiger partial charge in [-0.25, -0.2) is 9.18 Å². The van der Waals surface area contributed by atoms with E-state index >= 15 is 0 Å². The highest BCUT2D eigenvalue weighted by Crippen LogP contribution is 2.14. The van der Waals surface area contributed by atoms with Crippen LogP contribution in [0, 0.1) is 5.82 Å². The Balaban J connectivity index is 2.57. The first-order valence-electron chi connectivity index (χ1n) is 5.67. The van der Waals surface area contributed by atoms with Crippen LogP contribution in [0.5, 0.6) is 0 Å². The van der Waals surface area contributed by atoms with Crippen LogP contribution in [0.25, 0.3) is 0 Å². The fourth-order valence-electron chi connectivity index (χ4n) is 1.63. The molecule has 0 aliphatic carbocycles. The Morgan fingerprint density at radius 1 is 1.31 bits per heavy atom. The Hall–Kier alpha value is -1.38. The summed E-state index contributed by atoms with van der Waals surface area (Å²) in [5, 5.41) is 8.68. The largest absolute Gasteiger partial charge is 0.478 e. The Morgan fingerprint density at radius 3 is 2.62 bits per heavy atom. The zero-order valence-corrected chi connectivity index (χ0v) is 9.50. The number of carbonyl (C=O) groups is 1. The van der Waals surface area contributed by atoms with Crippen LogP contribution < -0.4 is 0 Å². The predicted octanol–water partition coefficient (Wildman–Crippen LogP) is 3.65. The minimum atomic E-state index is -1.09. The minimum absolute atomic E-state index is 0.00908. The molecular weight excluding hydrogens is 207 g/mol. The molecule has 0 spiro atoms. The first-order valence-corrected chi connectivity index (χ1v) is 5.67. The fraction of sp³-hybridized carbons (Fsp3) is 0.462. The average Bonchev–Trinajstić information content (AvgIpc) is 2.26. The van der Waals surface area contributed by atoms with Crippen molar-refractivity contribution in [3.63, 3.8) is 0 Å². The molecule has 1 aromatic carbocycles. The highest BCUT2D eigenvalue weighted by molar-refractivity contribution is 5.87. The summed E-state index contributed by atoms with van der Waals surface area (Å²) in [6.07, 6.45) is 5.05. The van der Waals surface area contributed by atoms with Gasteiger partial charge >= 0.3 is 5.97 Å². The van der Waals surface area contributed by atoms with Gasteiger partial charge in [-0.3, -0.25) is 0 Å². The van der Waals surface area contributed by atoms with Crippen molar-refractivity contribution in [2.75, 3.05) is 0 Å². The van der Waals surface area contributed by atoms with Crippen LogP contribution in [0.3, 0.4) is 0 Å². The number of halogens is 1. The van der Waals surface area contributed by atoms with Crippen LogP contribution in [0.1, 0.15) is 48.5 Å². The third kappa shape index (κ3) is 3.65. The molecule has 0 aliphatic rings. The normalized spacial score (nSPS) is 10.4. The van der Waals surface area contributed by atoms with Crippen molar-refractivity contribution >= 4 is 5.97 Å². The lowest BCUT2D eigenvalue weighted by molar-refractivity contribution is 0.0696. The maximum absolute atomic E-state index is 13.5. The Morgan fingerprint density at radius 2 is 2.06 bits per heavy atom. The van der Waals surface area contributed by atoms with Gasteiger partial charge in [-0.05, 0) is 30.5 Å². The van der Waals surface area contributed by atoms with Gasteiger partial charge in [0.2, 0.25) is 0 Å². The predicted molar refractivity (Wildman–Crippen MR) is 61.2 cm³/mol. The van der Waals surface area contributed by atoms with E-state index in [0.29, 0.717) is 12.0 Å². The van der Waals surface area contributed by atoms with Crippen LogP contribution in [0.2, 0.25) is 0 Å². The second-order valence-corrected chi connectivity index (χ2v) is 3.92. The first-order chi connectivity index (χ1) is 7.65. The standard InChI is InChI=1S/C13H17FO2/c1-2-3-4-5-6-10-7-8-11(13(15)16)9-12(10)14/h7-9H,2-6H2,1H3,(H,15,16). The molecule has 3 heteroatoms. The summed E-state index contributed by atoms with van der Waals surface area (Å²) in [7, 11) is 0. The molecule has 0 unspecified atom stereocenters. The molecule has 0 heterocycles. The van der Waals surface area contributed by atoms with E-state index in [4.69, 9.17) is 5.11 Å². The summed E-state index contributed by atoms with van der Waals surface area (Å²) in [4.78, 5) is 10.6. The van der Waals surface area contributed by atoms with Crippen LogP contribution in [0.15, 0.2) is 18.2 Å². The van der Waals surface area contributed by atoms with Gasteiger partial charge in [0.05, 0.1) is 5.56 Å². The molecule has 2 nitrogen and oxygen atoms in total. The van der Waals surface area contributed by atoms with Crippen molar-refractivity contribution in [1.29, 1.82) is 0 Å². The SMILES string of the molecule is CCCCCCc1ccc(C(=O)O)cc1F. The zero-order valence-electron chi connectivity index (χ0n) is 9.50. The second-order valence-electron chi connectivity index (χ2n) is 3.92. The van der Waals surface area contributed by atoms with Crippen LogP contribution in [-0.2, 0) is 6.42 Å². The minimum Gasteiger partial charge on any atom is -0.478 e. The smallest absolute Gasteiger partial charge is 0.335 e. The molecule has 88 valence electrons. The summed E-state index contributed by atoms with van der Waals surface area (Å²) in [6, 6.07) is 4.13. The molecule has 1 rings (SSSR count). The number of benzene rings is 1. The average molecular weight is 224 g/mol. The topological polar surface area (TPSA) is 37.3 Å². The van der Waals surface area contributed by atoms with E-state index in [1.54, 1.807) is 6.07 Å². The van der Waals surface area contributed by atoms with E-state index in [9.17, 15) is 9.18 Å². The maximum Gasteiger partial charge on any atom is 0.335 e. The van der Waals surface area contributed by atoms with E-state index in [2.05, 4.69) is 6.92 Å². The number of unbranched alkanes of at least 4 members (excludes halogenated alkanes) is 3. The third-order valence-corrected chi connectivity index (χ3v) is 2.60. The van der Waals surface area contributed by atoms with Gasteiger partial charge in [0.15, 0.2) is 0 Å². The number of aryl methyl sites for hydroxylation is 1. The molecule has 1 aromatic rings. The molecule has 0 fully saturated rings. The number of aromatic carboxylic acids is 1. The molecule has 0 aromatic heterocycles. The molecule has 0 radical (unpaired) electrons. The van der Waals surface area contributed by atoms with E-state index in [1.807, 2.05) is 0 Å². The Kier molecular flexibility index (Phi) is 4.96. The second kappa shape index (κ2) is 6.26. The highest BCUT2D eigenvalue weighted by atomic mass is 19.1. The molecule has 0 saturated carbocycles. The van der Waals surface area contributed by atoms with Crippen LogP contribution in [0.4, 0.5) is 4.39 Å². The lowest BCUT2D eigenvalue weighted by atomic mass is 10.0. The van der Waals surface area contributed by atoms with Crippen molar-refractivity contribution in [1.82, 2.24) is 0 Å². The quantitative estimate of drug-likeness (QED) is 0.749. The summed E-state index contributed by atoms with van der Waals surface area (Å²) in [6.45, 7) is 2.13. The van der Waals surface area contributed by atoms with Gasteiger partial charge in [-0.2, -0.15) is 0 Å². The number of rotatable bonds is 6. The van der Waals surface area contributed by atoms with Crippen LogP contribution in [-0.4, -0.2) is 11.1 Å². The summed E-state index contributed by atoms with van der Waals surface area (Å²) < 4.78 is 13.5. The fourth-order valence-corrected chi connectivity index (χ4v) is 1.63. The molecular formula is C13H17FO2. The summed E-state index contributed by atoms with van der Waals surface area (Å²) >= 11 is 0. The van der Waals surface area contributed by atoms with Crippen molar-refractivity contribution in [3.05, 3.63) is 35.1 Å².